The molecule has 0 aliphatic heterocycles. The van der Waals surface area contributed by atoms with Crippen LogP contribution in [0.4, 0.5) is 0 Å². The summed E-state index contributed by atoms with van der Waals surface area (Å²) in [6, 6.07) is 5.32. The molecule has 1 fully saturated rings. The summed E-state index contributed by atoms with van der Waals surface area (Å²) in [5.74, 6) is 0.583. The molecule has 0 radical (unpaired) electrons. The Balaban J connectivity index is 1.78. The minimum Gasteiger partial charge on any atom is -0.466 e. The highest BCUT2D eigenvalue weighted by atomic mass is 32.1. The van der Waals surface area contributed by atoms with Crippen molar-refractivity contribution in [1.82, 2.24) is 5.32 Å². The topological polar surface area (TPSA) is 62.5 Å². The molecule has 2 aromatic heterocycles. The molecule has 1 aliphatic carbocycles. The van der Waals surface area contributed by atoms with E-state index in [1.54, 1.807) is 12.1 Å². The first kappa shape index (κ1) is 13.4. The van der Waals surface area contributed by atoms with Crippen molar-refractivity contribution in [2.75, 3.05) is 6.54 Å². The van der Waals surface area contributed by atoms with E-state index in [0.29, 0.717) is 5.76 Å². The van der Waals surface area contributed by atoms with Crippen LogP contribution in [0.5, 0.6) is 0 Å². The number of amides is 1. The van der Waals surface area contributed by atoms with Gasteiger partial charge in [0.05, 0.1) is 12.8 Å². The van der Waals surface area contributed by atoms with Gasteiger partial charge in [-0.05, 0) is 41.8 Å². The average Bonchev–Trinajstić information content (AvgIpc) is 3.05. The molecule has 3 rings (SSSR count). The third-order valence-corrected chi connectivity index (χ3v) is 4.61. The standard InChI is InChI=1S/C15H17NO3S/c17-14(11-3-1-4-11)16-10-15(18,12-6-8-20-9-12)13-5-2-7-19-13/h2,5-9,11,18H,1,3-4,10H2,(H,16,17). The van der Waals surface area contributed by atoms with Crippen molar-refractivity contribution in [3.8, 4) is 0 Å². The van der Waals surface area contributed by atoms with Crippen LogP contribution in [0.3, 0.4) is 0 Å². The minimum atomic E-state index is -1.30. The molecule has 1 unspecified atom stereocenters. The molecular formula is C15H17NO3S. The molecule has 4 nitrogen and oxygen atoms in total. The van der Waals surface area contributed by atoms with Gasteiger partial charge in [0.1, 0.15) is 5.76 Å². The molecule has 0 saturated heterocycles. The van der Waals surface area contributed by atoms with Crippen LogP contribution in [0.25, 0.3) is 0 Å². The lowest BCUT2D eigenvalue weighted by Crippen LogP contribution is -2.44. The Morgan fingerprint density at radius 2 is 2.35 bits per heavy atom. The van der Waals surface area contributed by atoms with Crippen molar-refractivity contribution in [3.63, 3.8) is 0 Å². The van der Waals surface area contributed by atoms with Gasteiger partial charge >= 0.3 is 0 Å². The van der Waals surface area contributed by atoms with Crippen LogP contribution in [0.15, 0.2) is 39.6 Å². The number of nitrogens with one attached hydrogen (secondary N) is 1. The molecule has 1 saturated carbocycles. The first-order valence-corrected chi connectivity index (χ1v) is 7.71. The predicted molar refractivity (Wildman–Crippen MR) is 76.4 cm³/mol. The molecule has 0 aromatic carbocycles. The summed E-state index contributed by atoms with van der Waals surface area (Å²) in [4.78, 5) is 12.0. The van der Waals surface area contributed by atoms with Crippen molar-refractivity contribution < 1.29 is 14.3 Å². The van der Waals surface area contributed by atoms with Crippen molar-refractivity contribution in [1.29, 1.82) is 0 Å². The summed E-state index contributed by atoms with van der Waals surface area (Å²) in [5, 5.41) is 17.6. The quantitative estimate of drug-likeness (QED) is 0.889. The van der Waals surface area contributed by atoms with E-state index in [1.165, 1.54) is 17.6 Å². The number of thiophene rings is 1. The normalized spacial score (nSPS) is 18.2. The number of carbonyl (C=O) groups is 1. The number of rotatable bonds is 5. The molecule has 1 aliphatic rings. The summed E-state index contributed by atoms with van der Waals surface area (Å²) in [5.41, 5.74) is -0.561. The molecular weight excluding hydrogens is 274 g/mol. The number of carbonyl (C=O) groups excluding carboxylic acids is 1. The van der Waals surface area contributed by atoms with Crippen molar-refractivity contribution in [2.24, 2.45) is 5.92 Å². The maximum absolute atomic E-state index is 12.0. The third-order valence-electron chi connectivity index (χ3n) is 3.92. The molecule has 2 N–H and O–H groups in total. The molecule has 106 valence electrons. The Kier molecular flexibility index (Phi) is 3.63. The van der Waals surface area contributed by atoms with Crippen molar-refractivity contribution in [2.45, 2.75) is 24.9 Å². The molecule has 2 heterocycles. The summed E-state index contributed by atoms with van der Waals surface area (Å²) in [7, 11) is 0. The van der Waals surface area contributed by atoms with Gasteiger partial charge in [-0.25, -0.2) is 0 Å². The van der Waals surface area contributed by atoms with Gasteiger partial charge in [-0.1, -0.05) is 6.42 Å². The van der Waals surface area contributed by atoms with E-state index in [4.69, 9.17) is 4.42 Å². The zero-order valence-corrected chi connectivity index (χ0v) is 11.9. The number of aliphatic hydroxyl groups is 1. The molecule has 2 aromatic rings. The minimum absolute atomic E-state index is 0.0245. The van der Waals surface area contributed by atoms with E-state index in [0.717, 1.165) is 24.8 Å². The lowest BCUT2D eigenvalue weighted by molar-refractivity contribution is -0.128. The van der Waals surface area contributed by atoms with Gasteiger partial charge in [-0.2, -0.15) is 11.3 Å². The van der Waals surface area contributed by atoms with Gasteiger partial charge in [0.15, 0.2) is 5.60 Å². The zero-order valence-electron chi connectivity index (χ0n) is 11.0. The van der Waals surface area contributed by atoms with Gasteiger partial charge in [0.25, 0.3) is 0 Å². The van der Waals surface area contributed by atoms with E-state index in [9.17, 15) is 9.90 Å². The fourth-order valence-corrected chi connectivity index (χ4v) is 3.10. The van der Waals surface area contributed by atoms with Gasteiger partial charge in [0.2, 0.25) is 5.91 Å². The van der Waals surface area contributed by atoms with Crippen LogP contribution >= 0.6 is 11.3 Å². The smallest absolute Gasteiger partial charge is 0.223 e. The monoisotopic (exact) mass is 291 g/mol. The second-order valence-electron chi connectivity index (χ2n) is 5.20. The Morgan fingerprint density at radius 1 is 1.50 bits per heavy atom. The van der Waals surface area contributed by atoms with E-state index in [-0.39, 0.29) is 18.4 Å². The molecule has 0 bridgehead atoms. The number of furan rings is 1. The highest BCUT2D eigenvalue weighted by Gasteiger charge is 2.36. The third kappa shape index (κ3) is 2.39. The summed E-state index contributed by atoms with van der Waals surface area (Å²) >= 11 is 1.51. The van der Waals surface area contributed by atoms with Gasteiger partial charge in [-0.3, -0.25) is 4.79 Å². The summed E-state index contributed by atoms with van der Waals surface area (Å²) < 4.78 is 5.36. The Hall–Kier alpha value is -1.59. The fraction of sp³-hybridized carbons (Fsp3) is 0.400. The van der Waals surface area contributed by atoms with Crippen LogP contribution < -0.4 is 5.32 Å². The van der Waals surface area contributed by atoms with Crippen LogP contribution in [0, 0.1) is 5.92 Å². The molecule has 1 amide bonds. The van der Waals surface area contributed by atoms with Gasteiger partial charge in [-0.15, -0.1) is 0 Å². The van der Waals surface area contributed by atoms with Crippen molar-refractivity contribution >= 4 is 17.2 Å². The van der Waals surface area contributed by atoms with E-state index in [1.807, 2.05) is 16.8 Å². The van der Waals surface area contributed by atoms with E-state index in [2.05, 4.69) is 5.32 Å². The molecule has 20 heavy (non-hydrogen) atoms. The maximum Gasteiger partial charge on any atom is 0.223 e. The first-order valence-electron chi connectivity index (χ1n) is 6.77. The van der Waals surface area contributed by atoms with Crippen LogP contribution in [0.1, 0.15) is 30.6 Å². The van der Waals surface area contributed by atoms with Crippen LogP contribution in [-0.4, -0.2) is 17.6 Å². The average molecular weight is 291 g/mol. The summed E-state index contributed by atoms with van der Waals surface area (Å²) in [6.45, 7) is 0.132. The molecule has 0 spiro atoms. The second kappa shape index (κ2) is 5.42. The lowest BCUT2D eigenvalue weighted by Gasteiger charge is -2.29. The summed E-state index contributed by atoms with van der Waals surface area (Å²) in [6.07, 6.45) is 4.54. The van der Waals surface area contributed by atoms with E-state index < -0.39 is 5.60 Å². The SMILES string of the molecule is O=C(NCC(O)(c1ccsc1)c1ccco1)C1CCC1. The maximum atomic E-state index is 12.0. The lowest BCUT2D eigenvalue weighted by atomic mass is 9.84. The number of hydrogen-bond acceptors (Lipinski definition) is 4. The highest BCUT2D eigenvalue weighted by Crippen LogP contribution is 2.32. The molecule has 1 atom stereocenters. The van der Waals surface area contributed by atoms with Gasteiger partial charge < -0.3 is 14.8 Å². The van der Waals surface area contributed by atoms with E-state index >= 15 is 0 Å². The van der Waals surface area contributed by atoms with Crippen LogP contribution in [-0.2, 0) is 10.4 Å². The van der Waals surface area contributed by atoms with Crippen molar-refractivity contribution in [3.05, 3.63) is 46.5 Å². The Labute approximate surface area is 121 Å². The highest BCUT2D eigenvalue weighted by molar-refractivity contribution is 7.08. The largest absolute Gasteiger partial charge is 0.466 e. The predicted octanol–water partition coefficient (Wildman–Crippen LogP) is 2.49. The second-order valence-corrected chi connectivity index (χ2v) is 5.98. The fourth-order valence-electron chi connectivity index (χ4n) is 2.37. The Morgan fingerprint density at radius 3 is 2.90 bits per heavy atom. The van der Waals surface area contributed by atoms with Gasteiger partial charge in [0, 0.05) is 11.5 Å². The Bertz CT molecular complexity index is 524. The first-order chi connectivity index (χ1) is 9.70. The molecule has 5 heteroatoms. The number of hydrogen-bond donors (Lipinski definition) is 2. The van der Waals surface area contributed by atoms with Crippen LogP contribution in [0.2, 0.25) is 0 Å². The zero-order chi connectivity index (χ0) is 14.0.